The largest absolute Gasteiger partial charge is 0.480 e. The Morgan fingerprint density at radius 2 is 1.88 bits per heavy atom. The van der Waals surface area contributed by atoms with Crippen molar-refractivity contribution < 1.29 is 23.1 Å². The van der Waals surface area contributed by atoms with Crippen LogP contribution in [-0.2, 0) is 19.6 Å². The van der Waals surface area contributed by atoms with E-state index in [-0.39, 0.29) is 17.1 Å². The number of aryl methyl sites for hydroxylation is 1. The van der Waals surface area contributed by atoms with Crippen molar-refractivity contribution in [3.63, 3.8) is 0 Å². The first-order valence-corrected chi connectivity index (χ1v) is 9.98. The average Bonchev–Trinajstić information content (AvgIpc) is 2.79. The highest BCUT2D eigenvalue weighted by atomic mass is 32.2. The summed E-state index contributed by atoms with van der Waals surface area (Å²) in [5, 5.41) is 9.64. The maximum atomic E-state index is 13.2. The topological polar surface area (TPSA) is 91.8 Å². The lowest BCUT2D eigenvalue weighted by atomic mass is 9.77. The molecule has 1 aliphatic heterocycles. The van der Waals surface area contributed by atoms with Crippen molar-refractivity contribution in [1.82, 2.24) is 4.31 Å². The number of hydrogen-bond donors (Lipinski definition) is 1. The van der Waals surface area contributed by atoms with Crippen molar-refractivity contribution in [3.05, 3.63) is 29.8 Å². The zero-order valence-corrected chi connectivity index (χ0v) is 15.3. The second kappa shape index (κ2) is 6.21. The van der Waals surface area contributed by atoms with Crippen molar-refractivity contribution in [3.8, 4) is 0 Å². The average molecular weight is 365 g/mol. The van der Waals surface area contributed by atoms with E-state index < -0.39 is 33.5 Å². The van der Waals surface area contributed by atoms with Gasteiger partial charge < -0.3 is 5.11 Å². The molecule has 2 aliphatic rings. The fraction of sp³-hybridized carbons (Fsp3) is 0.556. The van der Waals surface area contributed by atoms with Crippen LogP contribution >= 0.6 is 0 Å². The van der Waals surface area contributed by atoms with Crippen LogP contribution in [0.1, 0.15) is 44.6 Å². The summed E-state index contributed by atoms with van der Waals surface area (Å²) >= 11 is 0. The first-order chi connectivity index (χ1) is 11.7. The van der Waals surface area contributed by atoms with Gasteiger partial charge in [0.15, 0.2) is 0 Å². The summed E-state index contributed by atoms with van der Waals surface area (Å²) in [6, 6.07) is 4.57. The lowest BCUT2D eigenvalue weighted by molar-refractivity contribution is -0.141. The number of Topliss-reactive ketones (excluding diaryl/α,β-unsaturated/α-hetero) is 1. The maximum absolute atomic E-state index is 13.2. The van der Waals surface area contributed by atoms with E-state index in [9.17, 15) is 23.1 Å². The van der Waals surface area contributed by atoms with Gasteiger partial charge in [-0.1, -0.05) is 31.0 Å². The number of rotatable bonds is 3. The van der Waals surface area contributed by atoms with Crippen LogP contribution in [0.4, 0.5) is 0 Å². The van der Waals surface area contributed by atoms with Crippen LogP contribution in [0, 0.1) is 12.3 Å². The van der Waals surface area contributed by atoms with E-state index in [2.05, 4.69) is 0 Å². The number of nitrogens with zero attached hydrogens (tertiary/aromatic N) is 1. The summed E-state index contributed by atoms with van der Waals surface area (Å²) in [7, 11) is -4.00. The van der Waals surface area contributed by atoms with Gasteiger partial charge in [-0.15, -0.1) is 0 Å². The summed E-state index contributed by atoms with van der Waals surface area (Å²) < 4.78 is 27.6. The van der Waals surface area contributed by atoms with Crippen LogP contribution in [0.3, 0.4) is 0 Å². The zero-order valence-electron chi connectivity index (χ0n) is 14.4. The molecule has 6 nitrogen and oxygen atoms in total. The third-order valence-electron chi connectivity index (χ3n) is 5.62. The molecule has 3 atom stereocenters. The van der Waals surface area contributed by atoms with Crippen LogP contribution in [0.5, 0.6) is 0 Å². The van der Waals surface area contributed by atoms with E-state index in [0.717, 1.165) is 22.7 Å². The number of hydrogen-bond acceptors (Lipinski definition) is 4. The Morgan fingerprint density at radius 3 is 2.48 bits per heavy atom. The molecule has 1 aromatic rings. The molecule has 136 valence electrons. The number of ketones is 1. The molecule has 0 radical (unpaired) electrons. The number of carboxylic acid groups (broad SMARTS) is 1. The molecule has 3 rings (SSSR count). The van der Waals surface area contributed by atoms with Crippen LogP contribution in [0.2, 0.25) is 0 Å². The van der Waals surface area contributed by atoms with E-state index in [1.807, 2.05) is 6.92 Å². The number of sulfonamides is 1. The third-order valence-corrected chi connectivity index (χ3v) is 7.55. The third kappa shape index (κ3) is 2.89. The maximum Gasteiger partial charge on any atom is 0.322 e. The number of carboxylic acids is 1. The second-order valence-corrected chi connectivity index (χ2v) is 9.15. The van der Waals surface area contributed by atoms with E-state index in [1.54, 1.807) is 19.1 Å². The number of benzene rings is 1. The first kappa shape index (κ1) is 18.1. The predicted molar refractivity (Wildman–Crippen MR) is 91.6 cm³/mol. The molecular formula is C18H23NO5S. The minimum atomic E-state index is -4.00. The van der Waals surface area contributed by atoms with Gasteiger partial charge in [-0.05, 0) is 38.3 Å². The molecule has 1 saturated carbocycles. The van der Waals surface area contributed by atoms with E-state index in [1.165, 1.54) is 12.1 Å². The lowest BCUT2D eigenvalue weighted by Gasteiger charge is -2.32. The zero-order chi connectivity index (χ0) is 18.4. The molecule has 0 unspecified atom stereocenters. The van der Waals surface area contributed by atoms with Crippen LogP contribution in [-0.4, -0.2) is 41.7 Å². The van der Waals surface area contributed by atoms with Crippen LogP contribution < -0.4 is 0 Å². The molecule has 1 aromatic carbocycles. The van der Waals surface area contributed by atoms with Crippen molar-refractivity contribution in [1.29, 1.82) is 0 Å². The van der Waals surface area contributed by atoms with Gasteiger partial charge in [0.2, 0.25) is 10.0 Å². The molecule has 2 fully saturated rings. The molecule has 1 aliphatic carbocycles. The fourth-order valence-corrected chi connectivity index (χ4v) is 6.04. The quantitative estimate of drug-likeness (QED) is 0.888. The lowest BCUT2D eigenvalue weighted by Crippen LogP contribution is -2.47. The van der Waals surface area contributed by atoms with Gasteiger partial charge in [0, 0.05) is 17.9 Å². The van der Waals surface area contributed by atoms with Gasteiger partial charge >= 0.3 is 5.97 Å². The molecule has 1 N–H and O–H groups in total. The number of carbonyl (C=O) groups excluding carboxylic acids is 1. The minimum Gasteiger partial charge on any atom is -0.480 e. The standard InChI is InChI=1S/C18H23NO5S/c1-12-7-9-13(10-8-12)25(23,24)19-14(17(21)22)11-18(2)15(19)5-3-4-6-16(18)20/h7-10,14-15H,3-6,11H2,1-2H3,(H,21,22)/t14-,15-,18-/m1/s1. The summed E-state index contributed by atoms with van der Waals surface area (Å²) in [4.78, 5) is 24.5. The highest BCUT2D eigenvalue weighted by Gasteiger charge is 2.59. The van der Waals surface area contributed by atoms with E-state index >= 15 is 0 Å². The van der Waals surface area contributed by atoms with Gasteiger partial charge in [-0.2, -0.15) is 4.31 Å². The Labute approximate surface area is 147 Å². The van der Waals surface area contributed by atoms with Gasteiger partial charge in [-0.25, -0.2) is 8.42 Å². The van der Waals surface area contributed by atoms with Crippen LogP contribution in [0.25, 0.3) is 0 Å². The van der Waals surface area contributed by atoms with Gasteiger partial charge in [0.05, 0.1) is 4.90 Å². The molecule has 25 heavy (non-hydrogen) atoms. The molecule has 0 spiro atoms. The Kier molecular flexibility index (Phi) is 4.49. The predicted octanol–water partition coefficient (Wildman–Crippen LogP) is 2.36. The van der Waals surface area contributed by atoms with E-state index in [0.29, 0.717) is 12.8 Å². The van der Waals surface area contributed by atoms with Gasteiger partial charge in [0.1, 0.15) is 11.8 Å². The fourth-order valence-electron chi connectivity index (χ4n) is 4.14. The minimum absolute atomic E-state index is 0.0251. The molecule has 7 heteroatoms. The van der Waals surface area contributed by atoms with Gasteiger partial charge in [-0.3, -0.25) is 9.59 Å². The van der Waals surface area contributed by atoms with Crippen molar-refractivity contribution in [2.45, 2.75) is 62.9 Å². The highest BCUT2D eigenvalue weighted by molar-refractivity contribution is 7.89. The smallest absolute Gasteiger partial charge is 0.322 e. The molecule has 0 aromatic heterocycles. The molecule has 1 heterocycles. The van der Waals surface area contributed by atoms with Crippen molar-refractivity contribution in [2.75, 3.05) is 0 Å². The first-order valence-electron chi connectivity index (χ1n) is 8.54. The SMILES string of the molecule is Cc1ccc(S(=O)(=O)N2[C@@H](C(=O)O)C[C@@]3(C)C(=O)CCCC[C@@H]23)cc1. The Morgan fingerprint density at radius 1 is 1.24 bits per heavy atom. The van der Waals surface area contributed by atoms with Crippen molar-refractivity contribution in [2.24, 2.45) is 5.41 Å². The Balaban J connectivity index is 2.11. The summed E-state index contributed by atoms with van der Waals surface area (Å²) in [6.07, 6.45) is 2.38. The second-order valence-electron chi connectivity index (χ2n) is 7.31. The van der Waals surface area contributed by atoms with Crippen LogP contribution in [0.15, 0.2) is 29.2 Å². The molecule has 0 amide bonds. The number of fused-ring (bicyclic) bond motifs is 1. The molecule has 0 bridgehead atoms. The normalized spacial score (nSPS) is 30.7. The molecular weight excluding hydrogens is 342 g/mol. The number of aliphatic carboxylic acids is 1. The Hall–Kier alpha value is -1.73. The Bertz CT molecular complexity index is 801. The van der Waals surface area contributed by atoms with E-state index in [4.69, 9.17) is 0 Å². The highest BCUT2D eigenvalue weighted by Crippen LogP contribution is 2.48. The molecule has 1 saturated heterocycles. The van der Waals surface area contributed by atoms with Crippen molar-refractivity contribution >= 4 is 21.8 Å². The summed E-state index contributed by atoms with van der Waals surface area (Å²) in [5.74, 6) is -1.22. The summed E-state index contributed by atoms with van der Waals surface area (Å²) in [6.45, 7) is 3.58. The summed E-state index contributed by atoms with van der Waals surface area (Å²) in [5.41, 5.74) is -0.0122. The monoisotopic (exact) mass is 365 g/mol. The number of carbonyl (C=O) groups is 2. The van der Waals surface area contributed by atoms with Gasteiger partial charge in [0.25, 0.3) is 0 Å².